The topological polar surface area (TPSA) is 70.6 Å². The number of carbonyl (C=O) groups excluding carboxylic acids is 1. The number of hydrogen-bond donors (Lipinski definition) is 1. The number of ether oxygens (including phenoxy) is 1. The number of fused-ring (bicyclic) bond motifs is 1. The van der Waals surface area contributed by atoms with E-state index in [2.05, 4.69) is 22.0 Å². The highest BCUT2D eigenvalue weighted by atomic mass is 16.5. The second-order valence-corrected chi connectivity index (χ2v) is 10.2. The van der Waals surface area contributed by atoms with Gasteiger partial charge in [-0.2, -0.15) is 0 Å². The third-order valence-electron chi connectivity index (χ3n) is 7.80. The third-order valence-corrected chi connectivity index (χ3v) is 7.80. The first-order valence-electron chi connectivity index (χ1n) is 14.1. The zero-order chi connectivity index (χ0) is 27.2. The molecule has 0 radical (unpaired) electrons. The summed E-state index contributed by atoms with van der Waals surface area (Å²) in [6, 6.07) is 24.2. The van der Waals surface area contributed by atoms with E-state index in [4.69, 9.17) is 4.74 Å². The number of amides is 1. The number of hydrogen-bond acceptors (Lipinski definition) is 4. The fraction of sp³-hybridized carbons (Fsp3) is 0.375. The van der Waals surface area contributed by atoms with Gasteiger partial charge in [-0.15, -0.1) is 0 Å². The molecule has 4 aromatic rings. The van der Waals surface area contributed by atoms with Gasteiger partial charge in [-0.05, 0) is 68.1 Å². The maximum absolute atomic E-state index is 12.8. The number of aromatic amines is 1. The standard InChI is InChI=1S/C32H38N4O3/c1-3-35(4-2)31(37)26-12-9-10-24(23-26)22-25-11-5-8-15-30(25)39-21-20-34-18-16-27(17-19-34)36-29-14-7-6-13-28(29)33-32(36)38/h5-15,23,27H,3-4,16-22H2,1-2H3,(H,33,38). The van der Waals surface area contributed by atoms with Gasteiger partial charge in [-0.1, -0.05) is 42.5 Å². The smallest absolute Gasteiger partial charge is 0.326 e. The van der Waals surface area contributed by atoms with Crippen LogP contribution in [0.4, 0.5) is 0 Å². The van der Waals surface area contributed by atoms with Crippen LogP contribution in [0.15, 0.2) is 77.6 Å². The minimum absolute atomic E-state index is 0.0162. The number of para-hydroxylation sites is 3. The SMILES string of the molecule is CCN(CC)C(=O)c1cccc(Cc2ccccc2OCCN2CCC(n3c(=O)[nH]c4ccccc43)CC2)c1. The van der Waals surface area contributed by atoms with Crippen molar-refractivity contribution in [1.29, 1.82) is 0 Å². The zero-order valence-corrected chi connectivity index (χ0v) is 22.9. The van der Waals surface area contributed by atoms with Gasteiger partial charge in [0.05, 0.1) is 11.0 Å². The Balaban J connectivity index is 1.16. The van der Waals surface area contributed by atoms with Gasteiger partial charge in [0, 0.05) is 50.7 Å². The number of likely N-dealkylation sites (tertiary alicyclic amines) is 1. The molecule has 7 heteroatoms. The van der Waals surface area contributed by atoms with E-state index in [1.165, 1.54) is 0 Å². The third kappa shape index (κ3) is 6.09. The summed E-state index contributed by atoms with van der Waals surface area (Å²) >= 11 is 0. The molecule has 3 aromatic carbocycles. The van der Waals surface area contributed by atoms with Gasteiger partial charge in [0.25, 0.3) is 5.91 Å². The van der Waals surface area contributed by atoms with E-state index in [0.717, 1.165) is 65.9 Å². The summed E-state index contributed by atoms with van der Waals surface area (Å²) < 4.78 is 8.20. The first-order valence-corrected chi connectivity index (χ1v) is 14.1. The molecular formula is C32H38N4O3. The lowest BCUT2D eigenvalue weighted by molar-refractivity contribution is 0.0773. The molecule has 39 heavy (non-hydrogen) atoms. The van der Waals surface area contributed by atoms with Gasteiger partial charge < -0.3 is 14.6 Å². The van der Waals surface area contributed by atoms with Crippen LogP contribution < -0.4 is 10.4 Å². The molecule has 2 heterocycles. The van der Waals surface area contributed by atoms with Crippen molar-refractivity contribution in [3.05, 3.63) is 100.0 Å². The van der Waals surface area contributed by atoms with Gasteiger partial charge in [0.15, 0.2) is 0 Å². The summed E-state index contributed by atoms with van der Waals surface area (Å²) in [7, 11) is 0. The van der Waals surface area contributed by atoms with Crippen LogP contribution in [0.2, 0.25) is 0 Å². The molecule has 1 aliphatic heterocycles. The molecule has 0 saturated carbocycles. The van der Waals surface area contributed by atoms with Crippen LogP contribution in [0.3, 0.4) is 0 Å². The van der Waals surface area contributed by atoms with Crippen LogP contribution in [0.25, 0.3) is 11.0 Å². The van der Waals surface area contributed by atoms with E-state index in [9.17, 15) is 9.59 Å². The Morgan fingerprint density at radius 3 is 2.51 bits per heavy atom. The fourth-order valence-corrected chi connectivity index (χ4v) is 5.64. The Labute approximate surface area is 230 Å². The largest absolute Gasteiger partial charge is 0.492 e. The predicted molar refractivity (Wildman–Crippen MR) is 156 cm³/mol. The first-order chi connectivity index (χ1) is 19.1. The summed E-state index contributed by atoms with van der Waals surface area (Å²) in [4.78, 5) is 32.6. The monoisotopic (exact) mass is 526 g/mol. The Bertz CT molecular complexity index is 1460. The normalized spacial score (nSPS) is 14.5. The van der Waals surface area contributed by atoms with Gasteiger partial charge in [0.1, 0.15) is 12.4 Å². The Morgan fingerprint density at radius 2 is 1.72 bits per heavy atom. The summed E-state index contributed by atoms with van der Waals surface area (Å²) in [5.41, 5.74) is 4.81. The molecule has 204 valence electrons. The van der Waals surface area contributed by atoms with Crippen molar-refractivity contribution in [3.63, 3.8) is 0 Å². The van der Waals surface area contributed by atoms with E-state index < -0.39 is 0 Å². The lowest BCUT2D eigenvalue weighted by Gasteiger charge is -2.32. The van der Waals surface area contributed by atoms with Gasteiger partial charge in [-0.3, -0.25) is 14.3 Å². The van der Waals surface area contributed by atoms with Crippen LogP contribution in [0.5, 0.6) is 5.75 Å². The lowest BCUT2D eigenvalue weighted by atomic mass is 10.0. The van der Waals surface area contributed by atoms with Crippen LogP contribution >= 0.6 is 0 Å². The molecule has 1 fully saturated rings. The molecule has 1 saturated heterocycles. The summed E-state index contributed by atoms with van der Waals surface area (Å²) in [5.74, 6) is 0.961. The average molecular weight is 527 g/mol. The van der Waals surface area contributed by atoms with Gasteiger partial charge in [-0.25, -0.2) is 4.79 Å². The maximum Gasteiger partial charge on any atom is 0.326 e. The molecule has 0 unspecified atom stereocenters. The number of H-pyrrole nitrogens is 1. The second-order valence-electron chi connectivity index (χ2n) is 10.2. The van der Waals surface area contributed by atoms with Gasteiger partial charge >= 0.3 is 5.69 Å². The molecule has 0 bridgehead atoms. The highest BCUT2D eigenvalue weighted by Crippen LogP contribution is 2.26. The summed E-state index contributed by atoms with van der Waals surface area (Å²) in [5, 5.41) is 0. The highest BCUT2D eigenvalue weighted by Gasteiger charge is 2.23. The number of piperidine rings is 1. The molecule has 1 N–H and O–H groups in total. The molecule has 1 aliphatic rings. The molecule has 0 spiro atoms. The van der Waals surface area contributed by atoms with E-state index in [0.29, 0.717) is 26.1 Å². The van der Waals surface area contributed by atoms with E-state index in [1.807, 2.05) is 84.0 Å². The van der Waals surface area contributed by atoms with Crippen molar-refractivity contribution in [2.45, 2.75) is 39.2 Å². The van der Waals surface area contributed by atoms with Crippen molar-refractivity contribution in [3.8, 4) is 5.75 Å². The Hall–Kier alpha value is -3.84. The highest BCUT2D eigenvalue weighted by molar-refractivity contribution is 5.94. The maximum atomic E-state index is 12.8. The number of rotatable bonds is 10. The van der Waals surface area contributed by atoms with E-state index in [-0.39, 0.29) is 17.6 Å². The van der Waals surface area contributed by atoms with Crippen molar-refractivity contribution >= 4 is 16.9 Å². The van der Waals surface area contributed by atoms with Crippen LogP contribution in [0.1, 0.15) is 54.2 Å². The summed E-state index contributed by atoms with van der Waals surface area (Å²) in [6.07, 6.45) is 2.60. The quantitative estimate of drug-likeness (QED) is 0.312. The molecule has 0 atom stereocenters. The number of nitrogens with zero attached hydrogens (tertiary/aromatic N) is 3. The predicted octanol–water partition coefficient (Wildman–Crippen LogP) is 5.12. The number of carbonyl (C=O) groups is 1. The van der Waals surface area contributed by atoms with E-state index in [1.54, 1.807) is 0 Å². The van der Waals surface area contributed by atoms with Crippen molar-refractivity contribution in [2.24, 2.45) is 0 Å². The van der Waals surface area contributed by atoms with Crippen molar-refractivity contribution in [2.75, 3.05) is 39.3 Å². The zero-order valence-electron chi connectivity index (χ0n) is 22.9. The number of benzene rings is 3. The molecular weight excluding hydrogens is 488 g/mol. The Morgan fingerprint density at radius 1 is 0.974 bits per heavy atom. The summed E-state index contributed by atoms with van der Waals surface area (Å²) in [6.45, 7) is 8.75. The van der Waals surface area contributed by atoms with Gasteiger partial charge in [0.2, 0.25) is 0 Å². The minimum atomic E-state index is -0.0162. The fourth-order valence-electron chi connectivity index (χ4n) is 5.64. The van der Waals surface area contributed by atoms with E-state index >= 15 is 0 Å². The molecule has 5 rings (SSSR count). The van der Waals surface area contributed by atoms with Crippen LogP contribution in [-0.4, -0.2) is 64.6 Å². The second kappa shape index (κ2) is 12.3. The average Bonchev–Trinajstić information content (AvgIpc) is 3.30. The molecule has 1 aromatic heterocycles. The number of aromatic nitrogens is 2. The van der Waals surface area contributed by atoms with Crippen LogP contribution in [-0.2, 0) is 6.42 Å². The van der Waals surface area contributed by atoms with Crippen molar-refractivity contribution in [1.82, 2.24) is 19.4 Å². The molecule has 1 amide bonds. The van der Waals surface area contributed by atoms with Crippen molar-refractivity contribution < 1.29 is 9.53 Å². The minimum Gasteiger partial charge on any atom is -0.492 e. The lowest BCUT2D eigenvalue weighted by Crippen LogP contribution is -2.38. The molecule has 0 aliphatic carbocycles. The first kappa shape index (κ1) is 26.8. The van der Waals surface area contributed by atoms with Crippen LogP contribution in [0, 0.1) is 0 Å². The number of imidazole rings is 1. The number of nitrogens with one attached hydrogen (secondary N) is 1. The Kier molecular flexibility index (Phi) is 8.47. The molecule has 7 nitrogen and oxygen atoms in total.